The molecule has 0 bridgehead atoms. The van der Waals surface area contributed by atoms with Gasteiger partial charge in [-0.05, 0) is 50.2 Å². The molecule has 0 radical (unpaired) electrons. The first-order valence-electron chi connectivity index (χ1n) is 10.2. The van der Waals surface area contributed by atoms with E-state index in [4.69, 9.17) is 0 Å². The third-order valence-electron chi connectivity index (χ3n) is 8.11. The highest BCUT2D eigenvalue weighted by Crippen LogP contribution is 2.67. The van der Waals surface area contributed by atoms with Gasteiger partial charge in [0.25, 0.3) is 0 Å². The fourth-order valence-electron chi connectivity index (χ4n) is 7.23. The normalized spacial score (nSPS) is 37.1. The minimum atomic E-state index is 0.106. The van der Waals surface area contributed by atoms with Gasteiger partial charge in [-0.3, -0.25) is 9.80 Å². The summed E-state index contributed by atoms with van der Waals surface area (Å²) in [7, 11) is 6.90. The van der Waals surface area contributed by atoms with Crippen molar-refractivity contribution in [2.24, 2.45) is 0 Å². The van der Waals surface area contributed by atoms with Crippen molar-refractivity contribution in [3.63, 3.8) is 0 Å². The van der Waals surface area contributed by atoms with Crippen molar-refractivity contribution in [1.82, 2.24) is 9.80 Å². The molecule has 0 aliphatic carbocycles. The van der Waals surface area contributed by atoms with Gasteiger partial charge in [0.05, 0.1) is 12.3 Å². The molecule has 4 heterocycles. The molecule has 0 saturated carbocycles. The maximum Gasteiger partial charge on any atom is 0.0924 e. The number of hydrogen-bond acceptors (Lipinski definition) is 4. The van der Waals surface area contributed by atoms with Gasteiger partial charge in [0.15, 0.2) is 0 Å². The molecule has 2 aromatic rings. The first kappa shape index (κ1) is 16.0. The largest absolute Gasteiger partial charge is 0.369 e. The van der Waals surface area contributed by atoms with Crippen LogP contribution in [0.1, 0.15) is 24.0 Å². The molecule has 4 aliphatic rings. The van der Waals surface area contributed by atoms with Crippen LogP contribution in [-0.4, -0.2) is 56.4 Å². The zero-order chi connectivity index (χ0) is 18.4. The van der Waals surface area contributed by atoms with E-state index in [9.17, 15) is 0 Å². The Labute approximate surface area is 161 Å². The van der Waals surface area contributed by atoms with Crippen molar-refractivity contribution in [2.75, 3.05) is 44.4 Å². The van der Waals surface area contributed by atoms with E-state index in [1.165, 1.54) is 29.8 Å². The number of para-hydroxylation sites is 2. The van der Waals surface area contributed by atoms with Crippen molar-refractivity contribution in [1.29, 1.82) is 0 Å². The van der Waals surface area contributed by atoms with E-state index >= 15 is 0 Å². The maximum atomic E-state index is 3.92. The number of benzene rings is 2. The zero-order valence-electron chi connectivity index (χ0n) is 16.4. The summed E-state index contributed by atoms with van der Waals surface area (Å²) in [6.07, 6.45) is 3.21. The van der Waals surface area contributed by atoms with Gasteiger partial charge in [0, 0.05) is 42.3 Å². The number of nitrogens with zero attached hydrogens (tertiary/aromatic N) is 3. The lowest BCUT2D eigenvalue weighted by molar-refractivity contribution is 0.136. The third kappa shape index (κ3) is 1.60. The summed E-state index contributed by atoms with van der Waals surface area (Å²) in [4.78, 5) is 7.68. The van der Waals surface area contributed by atoms with Gasteiger partial charge in [-0.1, -0.05) is 36.4 Å². The monoisotopic (exact) mass is 360 g/mol. The van der Waals surface area contributed by atoms with Crippen molar-refractivity contribution < 1.29 is 0 Å². The molecule has 6 rings (SSSR count). The van der Waals surface area contributed by atoms with Gasteiger partial charge in [-0.25, -0.2) is 0 Å². The third-order valence-corrected chi connectivity index (χ3v) is 8.11. The molecule has 0 spiro atoms. The Balaban J connectivity index is 1.69. The van der Waals surface area contributed by atoms with Gasteiger partial charge < -0.3 is 10.2 Å². The Hall–Kier alpha value is -2.04. The average Bonchev–Trinajstić information content (AvgIpc) is 3.37. The molecule has 4 atom stereocenters. The van der Waals surface area contributed by atoms with E-state index in [1.807, 2.05) is 0 Å². The minimum absolute atomic E-state index is 0.106. The Morgan fingerprint density at radius 3 is 2.33 bits per heavy atom. The highest BCUT2D eigenvalue weighted by molar-refractivity contribution is 5.72. The number of hydrogen-bond donors (Lipinski definition) is 1. The number of fused-ring (bicyclic) bond motifs is 7. The number of anilines is 2. The zero-order valence-corrected chi connectivity index (χ0v) is 16.4. The second-order valence-electron chi connectivity index (χ2n) is 9.00. The molecule has 4 aliphatic heterocycles. The Morgan fingerprint density at radius 1 is 0.815 bits per heavy atom. The van der Waals surface area contributed by atoms with Crippen LogP contribution in [0.2, 0.25) is 0 Å². The van der Waals surface area contributed by atoms with Gasteiger partial charge in [0.1, 0.15) is 0 Å². The molecule has 2 fully saturated rings. The minimum Gasteiger partial charge on any atom is -0.369 e. The average molecular weight is 361 g/mol. The van der Waals surface area contributed by atoms with Crippen LogP contribution in [0.4, 0.5) is 11.4 Å². The van der Waals surface area contributed by atoms with E-state index in [-0.39, 0.29) is 10.8 Å². The smallest absolute Gasteiger partial charge is 0.0924 e. The summed E-state index contributed by atoms with van der Waals surface area (Å²) < 4.78 is 0. The van der Waals surface area contributed by atoms with Crippen molar-refractivity contribution >= 4 is 11.4 Å². The number of likely N-dealkylation sites (N-methyl/N-ethyl adjacent to an activating group) is 3. The predicted molar refractivity (Wildman–Crippen MR) is 110 cm³/mol. The standard InChI is InChI=1S/C23H28N4/c1-25-14-12-22(16-8-4-6-10-18(16)24-20(22)25)23-13-15-26(2)21(23)27(3)19-11-7-5-9-17(19)23/h4-11,20-21,24H,12-15H2,1-3H3/t20-,21+,22?,23+/m0/s1. The molecule has 140 valence electrons. The topological polar surface area (TPSA) is 21.8 Å². The highest BCUT2D eigenvalue weighted by atomic mass is 15.4. The molecule has 0 amide bonds. The SMILES string of the molecule is CN1CC[C@@]2(C34CCN(C)[C@@H]3Nc3ccccc34)c3ccccc3N(C)[C@@H]12. The molecule has 2 saturated heterocycles. The van der Waals surface area contributed by atoms with Crippen LogP contribution in [0.25, 0.3) is 0 Å². The van der Waals surface area contributed by atoms with E-state index < -0.39 is 0 Å². The lowest BCUT2D eigenvalue weighted by Gasteiger charge is -2.49. The van der Waals surface area contributed by atoms with Crippen LogP contribution in [0.15, 0.2) is 48.5 Å². The summed E-state index contributed by atoms with van der Waals surface area (Å²) in [5.41, 5.74) is 6.06. The number of nitrogens with one attached hydrogen (secondary N) is 1. The van der Waals surface area contributed by atoms with Crippen LogP contribution in [0.3, 0.4) is 0 Å². The molecular weight excluding hydrogens is 332 g/mol. The lowest BCUT2D eigenvalue weighted by atomic mass is 9.55. The van der Waals surface area contributed by atoms with E-state index in [0.29, 0.717) is 12.3 Å². The Morgan fingerprint density at radius 2 is 1.48 bits per heavy atom. The fourth-order valence-corrected chi connectivity index (χ4v) is 7.23. The second kappa shape index (κ2) is 5.06. The molecule has 4 nitrogen and oxygen atoms in total. The molecule has 1 unspecified atom stereocenters. The summed E-state index contributed by atoms with van der Waals surface area (Å²) >= 11 is 0. The van der Waals surface area contributed by atoms with Gasteiger partial charge >= 0.3 is 0 Å². The number of likely N-dealkylation sites (tertiary alicyclic amines) is 2. The van der Waals surface area contributed by atoms with Crippen LogP contribution in [0.5, 0.6) is 0 Å². The molecule has 2 aromatic carbocycles. The summed E-state index contributed by atoms with van der Waals surface area (Å²) in [5.74, 6) is 0. The van der Waals surface area contributed by atoms with E-state index in [1.54, 1.807) is 5.56 Å². The summed E-state index contributed by atoms with van der Waals surface area (Å²) in [6.45, 7) is 2.31. The van der Waals surface area contributed by atoms with Crippen molar-refractivity contribution in [3.8, 4) is 0 Å². The maximum absolute atomic E-state index is 3.92. The molecule has 27 heavy (non-hydrogen) atoms. The van der Waals surface area contributed by atoms with Gasteiger partial charge in [-0.2, -0.15) is 0 Å². The first-order valence-corrected chi connectivity index (χ1v) is 10.2. The molecular formula is C23H28N4. The van der Waals surface area contributed by atoms with Crippen molar-refractivity contribution in [2.45, 2.75) is 36.0 Å². The number of rotatable bonds is 1. The van der Waals surface area contributed by atoms with Gasteiger partial charge in [-0.15, -0.1) is 0 Å². The molecule has 1 N–H and O–H groups in total. The predicted octanol–water partition coefficient (Wildman–Crippen LogP) is 3.06. The van der Waals surface area contributed by atoms with Crippen LogP contribution < -0.4 is 10.2 Å². The van der Waals surface area contributed by atoms with E-state index in [2.05, 4.69) is 89.7 Å². The fraction of sp³-hybridized carbons (Fsp3) is 0.478. The summed E-state index contributed by atoms with van der Waals surface area (Å²) in [6, 6.07) is 18.3. The molecule has 4 heteroatoms. The van der Waals surface area contributed by atoms with E-state index in [0.717, 1.165) is 13.1 Å². The van der Waals surface area contributed by atoms with Crippen LogP contribution >= 0.6 is 0 Å². The second-order valence-corrected chi connectivity index (χ2v) is 9.00. The molecule has 0 aromatic heterocycles. The van der Waals surface area contributed by atoms with Crippen LogP contribution in [0, 0.1) is 0 Å². The first-order chi connectivity index (χ1) is 13.1. The van der Waals surface area contributed by atoms with Gasteiger partial charge in [0.2, 0.25) is 0 Å². The Kier molecular flexibility index (Phi) is 2.99. The lowest BCUT2D eigenvalue weighted by Crippen LogP contribution is -2.61. The Bertz CT molecular complexity index is 926. The summed E-state index contributed by atoms with van der Waals surface area (Å²) in [5, 5.41) is 3.92. The van der Waals surface area contributed by atoms with Crippen molar-refractivity contribution in [3.05, 3.63) is 59.7 Å². The van der Waals surface area contributed by atoms with Crippen LogP contribution in [-0.2, 0) is 10.8 Å². The highest BCUT2D eigenvalue weighted by Gasteiger charge is 2.72. The quantitative estimate of drug-likeness (QED) is 0.844.